The molecule has 2 unspecified atom stereocenters. The molecule has 1 saturated carbocycles. The van der Waals surface area contributed by atoms with Crippen LogP contribution in [0.25, 0.3) is 0 Å². The molecule has 1 aromatic rings. The van der Waals surface area contributed by atoms with Crippen LogP contribution in [0.1, 0.15) is 37.3 Å². The summed E-state index contributed by atoms with van der Waals surface area (Å²) in [4.78, 5) is 0. The molecular formula is C16H25N3O2. The number of methoxy groups -OCH3 is 1. The Morgan fingerprint density at radius 3 is 2.90 bits per heavy atom. The maximum atomic E-state index is 8.84. The Morgan fingerprint density at radius 2 is 2.29 bits per heavy atom. The van der Waals surface area contributed by atoms with E-state index in [1.807, 2.05) is 18.2 Å². The van der Waals surface area contributed by atoms with Crippen molar-refractivity contribution in [1.29, 1.82) is 0 Å². The third kappa shape index (κ3) is 3.88. The molecule has 0 bridgehead atoms. The van der Waals surface area contributed by atoms with E-state index in [9.17, 15) is 0 Å². The molecule has 0 saturated heterocycles. The number of benzene rings is 1. The summed E-state index contributed by atoms with van der Waals surface area (Å²) in [7, 11) is 1.57. The number of hydrogen-bond acceptors (Lipinski definition) is 4. The van der Waals surface area contributed by atoms with Crippen molar-refractivity contribution in [2.75, 3.05) is 13.7 Å². The first-order chi connectivity index (χ1) is 10.2. The van der Waals surface area contributed by atoms with E-state index in [-0.39, 0.29) is 5.84 Å². The lowest BCUT2D eigenvalue weighted by Gasteiger charge is -2.16. The molecule has 1 aromatic carbocycles. The van der Waals surface area contributed by atoms with Crippen LogP contribution in [0.4, 0.5) is 0 Å². The Labute approximate surface area is 126 Å². The Kier molecular flexibility index (Phi) is 5.44. The van der Waals surface area contributed by atoms with Crippen molar-refractivity contribution in [1.82, 2.24) is 5.32 Å². The van der Waals surface area contributed by atoms with Gasteiger partial charge >= 0.3 is 0 Å². The summed E-state index contributed by atoms with van der Waals surface area (Å²) in [5.74, 6) is 2.28. The third-order valence-electron chi connectivity index (χ3n) is 4.42. The van der Waals surface area contributed by atoms with Crippen LogP contribution in [0.2, 0.25) is 0 Å². The summed E-state index contributed by atoms with van der Waals surface area (Å²) in [5, 5.41) is 15.4. The lowest BCUT2D eigenvalue weighted by molar-refractivity contribution is 0.318. The van der Waals surface area contributed by atoms with Gasteiger partial charge in [-0.1, -0.05) is 31.0 Å². The lowest BCUT2D eigenvalue weighted by atomic mass is 9.98. The standard InChI is InChI=1S/C16H25N3O2/c1-11-4-3-5-13(11)10-18-9-12-6-7-15(21-2)14(8-12)16(17)19-20/h6-8,11,13,18,20H,3-5,9-10H2,1-2H3,(H2,17,19). The van der Waals surface area contributed by atoms with E-state index in [0.29, 0.717) is 11.3 Å². The highest BCUT2D eigenvalue weighted by Crippen LogP contribution is 2.30. The molecule has 1 aliphatic rings. The van der Waals surface area contributed by atoms with Gasteiger partial charge in [0, 0.05) is 6.54 Å². The monoisotopic (exact) mass is 291 g/mol. The molecule has 1 aliphatic carbocycles. The number of hydrogen-bond donors (Lipinski definition) is 3. The van der Waals surface area contributed by atoms with E-state index in [1.54, 1.807) is 7.11 Å². The summed E-state index contributed by atoms with van der Waals surface area (Å²) < 4.78 is 5.23. The van der Waals surface area contributed by atoms with E-state index in [1.165, 1.54) is 19.3 Å². The molecule has 0 aliphatic heterocycles. The number of nitrogens with one attached hydrogen (secondary N) is 1. The van der Waals surface area contributed by atoms with Crippen molar-refractivity contribution < 1.29 is 9.94 Å². The molecule has 0 radical (unpaired) electrons. The quantitative estimate of drug-likeness (QED) is 0.325. The number of ether oxygens (including phenoxy) is 1. The summed E-state index contributed by atoms with van der Waals surface area (Å²) in [6.45, 7) is 4.16. The maximum Gasteiger partial charge on any atom is 0.173 e. The molecule has 2 rings (SSSR count). The average molecular weight is 291 g/mol. The van der Waals surface area contributed by atoms with Gasteiger partial charge in [-0.3, -0.25) is 0 Å². The van der Waals surface area contributed by atoms with Crippen LogP contribution in [0.5, 0.6) is 5.75 Å². The van der Waals surface area contributed by atoms with Crippen LogP contribution >= 0.6 is 0 Å². The summed E-state index contributed by atoms with van der Waals surface area (Å²) in [6.07, 6.45) is 4.03. The molecule has 0 amide bonds. The molecular weight excluding hydrogens is 266 g/mol. The first-order valence-electron chi connectivity index (χ1n) is 7.51. The maximum absolute atomic E-state index is 8.84. The normalized spacial score (nSPS) is 22.5. The molecule has 0 spiro atoms. The van der Waals surface area contributed by atoms with E-state index >= 15 is 0 Å². The van der Waals surface area contributed by atoms with Gasteiger partial charge in [-0.2, -0.15) is 0 Å². The zero-order valence-corrected chi connectivity index (χ0v) is 12.8. The van der Waals surface area contributed by atoms with Crippen LogP contribution in [0.15, 0.2) is 23.4 Å². The Bertz CT molecular complexity index is 502. The minimum atomic E-state index is 0.0677. The summed E-state index contributed by atoms with van der Waals surface area (Å²) >= 11 is 0. The SMILES string of the molecule is COc1ccc(CNCC2CCCC2C)cc1/C(N)=N/O. The van der Waals surface area contributed by atoms with Crippen LogP contribution in [0.3, 0.4) is 0 Å². The molecule has 116 valence electrons. The third-order valence-corrected chi connectivity index (χ3v) is 4.42. The van der Waals surface area contributed by atoms with Crippen LogP contribution in [0, 0.1) is 11.8 Å². The number of nitrogens with two attached hydrogens (primary N) is 1. The predicted molar refractivity (Wildman–Crippen MR) is 83.7 cm³/mol. The van der Waals surface area contributed by atoms with Gasteiger partial charge < -0.3 is 21.0 Å². The lowest BCUT2D eigenvalue weighted by Crippen LogP contribution is -2.24. The van der Waals surface area contributed by atoms with E-state index in [4.69, 9.17) is 15.7 Å². The van der Waals surface area contributed by atoms with Gasteiger partial charge in [0.1, 0.15) is 5.75 Å². The van der Waals surface area contributed by atoms with Crippen molar-refractivity contribution >= 4 is 5.84 Å². The Morgan fingerprint density at radius 1 is 1.48 bits per heavy atom. The fourth-order valence-corrected chi connectivity index (χ4v) is 3.05. The highest BCUT2D eigenvalue weighted by molar-refractivity contribution is 5.99. The van der Waals surface area contributed by atoms with Gasteiger partial charge in [-0.15, -0.1) is 0 Å². The number of nitrogens with zero attached hydrogens (tertiary/aromatic N) is 1. The minimum absolute atomic E-state index is 0.0677. The second-order valence-corrected chi connectivity index (χ2v) is 5.82. The first kappa shape index (κ1) is 15.6. The second-order valence-electron chi connectivity index (χ2n) is 5.82. The number of amidine groups is 1. The zero-order valence-electron chi connectivity index (χ0n) is 12.8. The molecule has 2 atom stereocenters. The fraction of sp³-hybridized carbons (Fsp3) is 0.562. The smallest absolute Gasteiger partial charge is 0.173 e. The zero-order chi connectivity index (χ0) is 15.2. The number of oxime groups is 1. The topological polar surface area (TPSA) is 79.9 Å². The highest BCUT2D eigenvalue weighted by atomic mass is 16.5. The molecule has 0 heterocycles. The van der Waals surface area contributed by atoms with Gasteiger partial charge in [0.25, 0.3) is 0 Å². The van der Waals surface area contributed by atoms with Crippen molar-refractivity contribution in [3.05, 3.63) is 29.3 Å². The fourth-order valence-electron chi connectivity index (χ4n) is 3.05. The first-order valence-corrected chi connectivity index (χ1v) is 7.51. The average Bonchev–Trinajstić information content (AvgIpc) is 2.91. The van der Waals surface area contributed by atoms with Crippen molar-refractivity contribution in [2.24, 2.45) is 22.7 Å². The minimum Gasteiger partial charge on any atom is -0.496 e. The van der Waals surface area contributed by atoms with Crippen LogP contribution in [-0.4, -0.2) is 24.7 Å². The predicted octanol–water partition coefficient (Wildman–Crippen LogP) is 2.32. The van der Waals surface area contributed by atoms with Gasteiger partial charge in [-0.05, 0) is 42.5 Å². The Balaban J connectivity index is 1.97. The second kappa shape index (κ2) is 7.31. The van der Waals surface area contributed by atoms with Gasteiger partial charge in [-0.25, -0.2) is 0 Å². The molecule has 0 aromatic heterocycles. The van der Waals surface area contributed by atoms with Crippen LogP contribution < -0.4 is 15.8 Å². The molecule has 21 heavy (non-hydrogen) atoms. The van der Waals surface area contributed by atoms with Gasteiger partial charge in [0.15, 0.2) is 5.84 Å². The highest BCUT2D eigenvalue weighted by Gasteiger charge is 2.22. The largest absolute Gasteiger partial charge is 0.496 e. The summed E-state index contributed by atoms with van der Waals surface area (Å²) in [5.41, 5.74) is 7.40. The van der Waals surface area contributed by atoms with E-state index in [0.717, 1.165) is 30.5 Å². The molecule has 1 fully saturated rings. The molecule has 5 heteroatoms. The van der Waals surface area contributed by atoms with E-state index in [2.05, 4.69) is 17.4 Å². The van der Waals surface area contributed by atoms with Gasteiger partial charge in [0.2, 0.25) is 0 Å². The molecule has 5 nitrogen and oxygen atoms in total. The van der Waals surface area contributed by atoms with E-state index < -0.39 is 0 Å². The molecule has 4 N–H and O–H groups in total. The summed E-state index contributed by atoms with van der Waals surface area (Å²) in [6, 6.07) is 5.75. The van der Waals surface area contributed by atoms with Gasteiger partial charge in [0.05, 0.1) is 12.7 Å². The van der Waals surface area contributed by atoms with Crippen LogP contribution in [-0.2, 0) is 6.54 Å². The number of rotatable bonds is 6. The van der Waals surface area contributed by atoms with Crippen molar-refractivity contribution in [2.45, 2.75) is 32.7 Å². The Hall–Kier alpha value is -1.75. The van der Waals surface area contributed by atoms with Crippen molar-refractivity contribution in [3.63, 3.8) is 0 Å². The van der Waals surface area contributed by atoms with Crippen molar-refractivity contribution in [3.8, 4) is 5.75 Å².